The molecule has 5 heteroatoms. The second-order valence-electron chi connectivity index (χ2n) is 11.5. The number of halogens is 2. The number of benzene rings is 6. The molecule has 6 rings (SSSR count). The van der Waals surface area contributed by atoms with Crippen LogP contribution in [0.4, 0.5) is 0 Å². The molecule has 0 N–H and O–H groups in total. The van der Waals surface area contributed by atoms with Gasteiger partial charge in [0.25, 0.3) is 0 Å². The Morgan fingerprint density at radius 2 is 0.404 bits per heavy atom. The van der Waals surface area contributed by atoms with E-state index < -0.39 is 15.8 Å². The zero-order valence-corrected chi connectivity index (χ0v) is 32.8. The summed E-state index contributed by atoms with van der Waals surface area (Å²) in [6.07, 6.45) is 7.39. The molecule has 0 heterocycles. The molecule has 0 fully saturated rings. The minimum atomic E-state index is -0.502. The fraction of sp³-hybridized carbons (Fsp3) is 0.143. The van der Waals surface area contributed by atoms with Gasteiger partial charge < -0.3 is 0 Å². The van der Waals surface area contributed by atoms with Crippen LogP contribution >= 0.6 is 44.3 Å². The summed E-state index contributed by atoms with van der Waals surface area (Å²) in [4.78, 5) is 0. The van der Waals surface area contributed by atoms with Gasteiger partial charge in [0.2, 0.25) is 0 Å². The van der Waals surface area contributed by atoms with Gasteiger partial charge in [-0.3, -0.25) is 0 Å². The summed E-state index contributed by atoms with van der Waals surface area (Å²) >= 11 is 6.00. The van der Waals surface area contributed by atoms with Crippen molar-refractivity contribution in [1.29, 1.82) is 0 Å². The van der Waals surface area contributed by atoms with Gasteiger partial charge in [0.05, 0.1) is 37.0 Å². The van der Waals surface area contributed by atoms with Crippen LogP contribution in [0.5, 0.6) is 0 Å². The van der Waals surface area contributed by atoms with Crippen molar-refractivity contribution >= 4 is 44.3 Å². The smallest absolute Gasteiger partial charge is 0.0622 e. The zero-order chi connectivity index (χ0) is 32.8. The number of hydrogen-bond acceptors (Lipinski definition) is 0. The minimum Gasteiger partial charge on any atom is -0.0622 e. The van der Waals surface area contributed by atoms with Crippen molar-refractivity contribution in [2.24, 2.45) is 0 Å². The van der Waals surface area contributed by atoms with Crippen LogP contribution in [0.3, 0.4) is 0 Å². The molecule has 0 radical (unpaired) electrons. The molecule has 0 bridgehead atoms. The van der Waals surface area contributed by atoms with Crippen molar-refractivity contribution in [2.45, 2.75) is 37.0 Å². The molecule has 0 aliphatic heterocycles. The van der Waals surface area contributed by atoms with Gasteiger partial charge in [0, 0.05) is 15.8 Å². The van der Waals surface area contributed by atoms with Crippen LogP contribution in [0.2, 0.25) is 0 Å². The molecule has 47 heavy (non-hydrogen) atoms. The van der Waals surface area contributed by atoms with Crippen molar-refractivity contribution in [3.63, 3.8) is 0 Å². The standard InChI is InChI=1S/2C21H21P.2BrH.Ni/c2*1-4-10-19(11-5-1)16-22(17-20-12-6-2-7-13-20)18-21-14-8-3-9-15-21;;;/h2*1-15H,16-18H2;2*1H;/q;;;;+2. The summed E-state index contributed by atoms with van der Waals surface area (Å²) < 4.78 is 0. The molecular weight excluding hydrogens is 785 g/mol. The zero-order valence-electron chi connectivity index (χ0n) is 26.6. The SMILES string of the molecule is [Br][Ni][Br].c1ccc(C[PH+](Cc2ccccc2)Cc2ccccc2)cc1.c1ccc(C[PH+](Cc2ccccc2)Cc2ccccc2)cc1. The van der Waals surface area contributed by atoms with Gasteiger partial charge in [-0.2, -0.15) is 0 Å². The quantitative estimate of drug-likeness (QED) is 0.0851. The van der Waals surface area contributed by atoms with E-state index in [-0.39, 0.29) is 0 Å². The molecule has 0 nitrogen and oxygen atoms in total. The molecule has 0 unspecified atom stereocenters. The average molecular weight is 829 g/mol. The van der Waals surface area contributed by atoms with Crippen molar-refractivity contribution in [2.75, 3.05) is 0 Å². The molecule has 6 aromatic carbocycles. The maximum Gasteiger partial charge on any atom is 0.0826 e. The summed E-state index contributed by atoms with van der Waals surface area (Å²) in [5.41, 5.74) is 8.85. The van der Waals surface area contributed by atoms with E-state index >= 15 is 0 Å². The first-order valence-electron chi connectivity index (χ1n) is 15.9. The van der Waals surface area contributed by atoms with E-state index in [1.807, 2.05) is 0 Å². The fourth-order valence-corrected chi connectivity index (χ4v) is 11.3. The van der Waals surface area contributed by atoms with E-state index in [4.69, 9.17) is 0 Å². The molecule has 0 spiro atoms. The van der Waals surface area contributed by atoms with E-state index in [0.29, 0.717) is 0 Å². The molecule has 6 aromatic rings. The maximum atomic E-state index is 3.00. The Morgan fingerprint density at radius 3 is 0.532 bits per heavy atom. The van der Waals surface area contributed by atoms with Crippen LogP contribution in [-0.2, 0) is 47.9 Å². The number of rotatable bonds is 12. The predicted octanol–water partition coefficient (Wildman–Crippen LogP) is 13.3. The summed E-state index contributed by atoms with van der Waals surface area (Å²) in [5, 5.41) is 0. The van der Waals surface area contributed by atoms with Crippen molar-refractivity contribution in [1.82, 2.24) is 0 Å². The molecule has 0 atom stereocenters. The topological polar surface area (TPSA) is 0 Å². The van der Waals surface area contributed by atoms with Crippen LogP contribution in [0, 0.1) is 0 Å². The first kappa shape index (κ1) is 37.5. The second kappa shape index (κ2) is 23.1. The number of hydrogen-bond donors (Lipinski definition) is 0. The Bertz CT molecular complexity index is 1290. The second-order valence-corrected chi connectivity index (χ2v) is 21.6. The summed E-state index contributed by atoms with van der Waals surface area (Å²) in [5.74, 6) is 0. The van der Waals surface area contributed by atoms with Crippen molar-refractivity contribution in [3.05, 3.63) is 215 Å². The molecule has 0 aliphatic rings. The van der Waals surface area contributed by atoms with E-state index in [2.05, 4.69) is 210 Å². The third kappa shape index (κ3) is 15.6. The molecule has 244 valence electrons. The Labute approximate surface area is 305 Å². The third-order valence-corrected chi connectivity index (χ3v) is 13.2. The predicted molar refractivity (Wildman–Crippen MR) is 215 cm³/mol. The monoisotopic (exact) mass is 826 g/mol. The first-order valence-corrected chi connectivity index (χ1v) is 25.1. The largest absolute Gasteiger partial charge is 0.0826 e. The maximum absolute atomic E-state index is 3.00. The minimum absolute atomic E-state index is 0.502. The Balaban J connectivity index is 0.000000197. The van der Waals surface area contributed by atoms with Crippen molar-refractivity contribution in [3.8, 4) is 0 Å². The normalized spacial score (nSPS) is 10.6. The van der Waals surface area contributed by atoms with Crippen LogP contribution in [0.25, 0.3) is 0 Å². The van der Waals surface area contributed by atoms with E-state index in [1.54, 1.807) is 0 Å². The first-order chi connectivity index (χ1) is 23.2. The van der Waals surface area contributed by atoms with Gasteiger partial charge in [-0.25, -0.2) is 0 Å². The molecular formula is C42H44Br2NiP2+2. The van der Waals surface area contributed by atoms with Gasteiger partial charge in [-0.1, -0.05) is 182 Å². The van der Waals surface area contributed by atoms with Gasteiger partial charge in [-0.05, 0) is 33.4 Å². The van der Waals surface area contributed by atoms with Crippen LogP contribution in [-0.4, -0.2) is 0 Å². The third-order valence-electron chi connectivity index (χ3n) is 7.78. The summed E-state index contributed by atoms with van der Waals surface area (Å²) in [7, 11) is 0.247. The van der Waals surface area contributed by atoms with E-state index in [0.717, 1.165) is 0 Å². The molecule has 0 amide bonds. The van der Waals surface area contributed by atoms with Gasteiger partial charge >= 0.3 is 39.3 Å². The van der Waals surface area contributed by atoms with Gasteiger partial charge in [-0.15, -0.1) is 0 Å². The Morgan fingerprint density at radius 1 is 0.277 bits per heavy atom. The Hall–Kier alpha value is -2.37. The van der Waals surface area contributed by atoms with Crippen LogP contribution < -0.4 is 0 Å². The molecule has 0 aliphatic carbocycles. The molecule has 0 aromatic heterocycles. The fourth-order valence-electron chi connectivity index (χ4n) is 5.68. The molecule has 0 saturated heterocycles. The van der Waals surface area contributed by atoms with Crippen LogP contribution in [0.1, 0.15) is 33.4 Å². The Kier molecular flexibility index (Phi) is 18.4. The average Bonchev–Trinajstić information content (AvgIpc) is 3.12. The van der Waals surface area contributed by atoms with Crippen molar-refractivity contribution < 1.29 is 10.9 Å². The summed E-state index contributed by atoms with van der Waals surface area (Å²) in [6, 6.07) is 65.6. The van der Waals surface area contributed by atoms with Gasteiger partial charge in [0.15, 0.2) is 0 Å². The van der Waals surface area contributed by atoms with E-state index in [9.17, 15) is 0 Å². The molecule has 0 saturated carbocycles. The van der Waals surface area contributed by atoms with Crippen LogP contribution in [0.15, 0.2) is 182 Å². The van der Waals surface area contributed by atoms with Gasteiger partial charge in [0.1, 0.15) is 0 Å². The van der Waals surface area contributed by atoms with E-state index in [1.165, 1.54) is 81.3 Å². The summed E-state index contributed by atoms with van der Waals surface area (Å²) in [6.45, 7) is 0.